The molecule has 0 saturated heterocycles. The predicted molar refractivity (Wildman–Crippen MR) is 87.0 cm³/mol. The summed E-state index contributed by atoms with van der Waals surface area (Å²) >= 11 is 0. The highest BCUT2D eigenvalue weighted by Gasteiger charge is 2.36. The largest absolute Gasteiger partial charge is 0.322 e. The molecule has 0 radical (unpaired) electrons. The van der Waals surface area contributed by atoms with E-state index in [1.165, 1.54) is 23.1 Å². The summed E-state index contributed by atoms with van der Waals surface area (Å²) in [4.78, 5) is 26.8. The highest BCUT2D eigenvalue weighted by molar-refractivity contribution is 6.16. The molecule has 1 heterocycles. The van der Waals surface area contributed by atoms with Gasteiger partial charge in [-0.25, -0.2) is 4.39 Å². The average Bonchev–Trinajstić information content (AvgIpc) is 2.55. The highest BCUT2D eigenvalue weighted by Crippen LogP contribution is 2.34. The van der Waals surface area contributed by atoms with Gasteiger partial charge in [-0.2, -0.15) is 0 Å². The molecule has 118 valence electrons. The SMILES string of the molecule is CCC[C@H]1C(=O)Nc2ccccc2N1C(=O)c1cccc(F)c1. The van der Waals surface area contributed by atoms with Crippen LogP contribution >= 0.6 is 0 Å². The van der Waals surface area contributed by atoms with Crippen molar-refractivity contribution in [3.05, 3.63) is 59.9 Å². The minimum atomic E-state index is -0.592. The number of benzene rings is 2. The molecular formula is C18H17FN2O2. The van der Waals surface area contributed by atoms with Crippen molar-refractivity contribution in [3.63, 3.8) is 0 Å². The lowest BCUT2D eigenvalue weighted by Gasteiger charge is -2.36. The second kappa shape index (κ2) is 6.20. The van der Waals surface area contributed by atoms with Gasteiger partial charge in [0.15, 0.2) is 0 Å². The lowest BCUT2D eigenvalue weighted by atomic mass is 10.0. The summed E-state index contributed by atoms with van der Waals surface area (Å²) in [7, 11) is 0. The molecule has 2 aromatic carbocycles. The number of hydrogen-bond donors (Lipinski definition) is 1. The summed E-state index contributed by atoms with van der Waals surface area (Å²) in [6.07, 6.45) is 1.30. The van der Waals surface area contributed by atoms with Gasteiger partial charge in [-0.15, -0.1) is 0 Å². The van der Waals surface area contributed by atoms with Crippen LogP contribution in [0.4, 0.5) is 15.8 Å². The summed E-state index contributed by atoms with van der Waals surface area (Å²) in [5.74, 6) is -1.06. The maximum atomic E-state index is 13.5. The van der Waals surface area contributed by atoms with Gasteiger partial charge in [-0.05, 0) is 36.8 Å². The van der Waals surface area contributed by atoms with Crippen LogP contribution in [0.15, 0.2) is 48.5 Å². The van der Waals surface area contributed by atoms with Gasteiger partial charge in [0.05, 0.1) is 11.4 Å². The Morgan fingerprint density at radius 1 is 1.22 bits per heavy atom. The topological polar surface area (TPSA) is 49.4 Å². The van der Waals surface area contributed by atoms with Crippen LogP contribution in [-0.4, -0.2) is 17.9 Å². The van der Waals surface area contributed by atoms with Gasteiger partial charge in [0.1, 0.15) is 11.9 Å². The van der Waals surface area contributed by atoms with Gasteiger partial charge < -0.3 is 5.32 Å². The van der Waals surface area contributed by atoms with Crippen molar-refractivity contribution >= 4 is 23.2 Å². The fourth-order valence-electron chi connectivity index (χ4n) is 2.84. The zero-order valence-corrected chi connectivity index (χ0v) is 12.8. The smallest absolute Gasteiger partial charge is 0.259 e. The molecule has 0 aromatic heterocycles. The third-order valence-corrected chi connectivity index (χ3v) is 3.89. The zero-order valence-electron chi connectivity index (χ0n) is 12.8. The monoisotopic (exact) mass is 312 g/mol. The standard InChI is InChI=1S/C18H17FN2O2/c1-2-6-16-17(22)20-14-9-3-4-10-15(14)21(16)18(23)12-7-5-8-13(19)11-12/h3-5,7-11,16H,2,6H2,1H3,(H,20,22)/t16-/m0/s1. The van der Waals surface area contributed by atoms with E-state index in [0.717, 1.165) is 6.42 Å². The van der Waals surface area contributed by atoms with Crippen LogP contribution in [0.2, 0.25) is 0 Å². The number of nitrogens with zero attached hydrogens (tertiary/aromatic N) is 1. The van der Waals surface area contributed by atoms with Crippen molar-refractivity contribution in [2.24, 2.45) is 0 Å². The molecule has 1 aliphatic rings. The Morgan fingerprint density at radius 3 is 2.74 bits per heavy atom. The van der Waals surface area contributed by atoms with E-state index in [-0.39, 0.29) is 17.4 Å². The van der Waals surface area contributed by atoms with Crippen molar-refractivity contribution in [1.29, 1.82) is 0 Å². The second-order valence-electron chi connectivity index (χ2n) is 5.50. The van der Waals surface area contributed by atoms with Gasteiger partial charge in [0.25, 0.3) is 5.91 Å². The van der Waals surface area contributed by atoms with Crippen molar-refractivity contribution in [2.75, 3.05) is 10.2 Å². The predicted octanol–water partition coefficient (Wildman–Crippen LogP) is 3.59. The van der Waals surface area contributed by atoms with E-state index in [1.54, 1.807) is 24.3 Å². The molecule has 5 heteroatoms. The summed E-state index contributed by atoms with van der Waals surface area (Å²) in [6.45, 7) is 1.96. The number of fused-ring (bicyclic) bond motifs is 1. The molecule has 2 aromatic rings. The Balaban J connectivity index is 2.08. The maximum Gasteiger partial charge on any atom is 0.259 e. The van der Waals surface area contributed by atoms with Crippen molar-refractivity contribution < 1.29 is 14.0 Å². The normalized spacial score (nSPS) is 16.7. The summed E-state index contributed by atoms with van der Waals surface area (Å²) in [6, 6.07) is 12.1. The number of amides is 2. The van der Waals surface area contributed by atoms with Crippen LogP contribution in [0.3, 0.4) is 0 Å². The average molecular weight is 312 g/mol. The molecule has 4 nitrogen and oxygen atoms in total. The minimum absolute atomic E-state index is 0.213. The molecule has 3 rings (SSSR count). The number of rotatable bonds is 3. The van der Waals surface area contributed by atoms with Crippen LogP contribution in [0, 0.1) is 5.82 Å². The first kappa shape index (κ1) is 15.2. The van der Waals surface area contributed by atoms with Crippen LogP contribution in [0.25, 0.3) is 0 Å². The van der Waals surface area contributed by atoms with Gasteiger partial charge in [0.2, 0.25) is 5.91 Å². The number of hydrogen-bond acceptors (Lipinski definition) is 2. The van der Waals surface area contributed by atoms with Crippen molar-refractivity contribution in [2.45, 2.75) is 25.8 Å². The Labute approximate surface area is 133 Å². The number of nitrogens with one attached hydrogen (secondary N) is 1. The molecule has 1 N–H and O–H groups in total. The van der Waals surface area contributed by atoms with E-state index in [4.69, 9.17) is 0 Å². The molecule has 0 bridgehead atoms. The van der Waals surface area contributed by atoms with Crippen molar-refractivity contribution in [1.82, 2.24) is 0 Å². The minimum Gasteiger partial charge on any atom is -0.322 e. The molecule has 2 amide bonds. The number of halogens is 1. The molecule has 0 unspecified atom stereocenters. The zero-order chi connectivity index (χ0) is 16.4. The summed E-state index contributed by atoms with van der Waals surface area (Å²) < 4.78 is 13.5. The van der Waals surface area contributed by atoms with E-state index in [9.17, 15) is 14.0 Å². The first-order valence-corrected chi connectivity index (χ1v) is 7.61. The molecule has 23 heavy (non-hydrogen) atoms. The van der Waals surface area contributed by atoms with E-state index < -0.39 is 11.9 Å². The third kappa shape index (κ3) is 2.82. The molecule has 1 atom stereocenters. The van der Waals surface area contributed by atoms with Gasteiger partial charge in [-0.1, -0.05) is 31.5 Å². The first-order valence-electron chi connectivity index (χ1n) is 7.61. The van der Waals surface area contributed by atoms with Gasteiger partial charge in [-0.3, -0.25) is 14.5 Å². The lowest BCUT2D eigenvalue weighted by Crippen LogP contribution is -2.51. The van der Waals surface area contributed by atoms with E-state index in [0.29, 0.717) is 17.8 Å². The molecule has 0 aliphatic carbocycles. The Morgan fingerprint density at radius 2 is 2.00 bits per heavy atom. The number of carbonyl (C=O) groups excluding carboxylic acids is 2. The molecule has 0 fully saturated rings. The summed E-state index contributed by atoms with van der Waals surface area (Å²) in [5.41, 5.74) is 1.46. The van der Waals surface area contributed by atoms with Crippen LogP contribution < -0.4 is 10.2 Å². The van der Waals surface area contributed by atoms with E-state index >= 15 is 0 Å². The molecular weight excluding hydrogens is 295 g/mol. The van der Waals surface area contributed by atoms with Gasteiger partial charge >= 0.3 is 0 Å². The van der Waals surface area contributed by atoms with Gasteiger partial charge in [0, 0.05) is 5.56 Å². The number of anilines is 2. The Hall–Kier alpha value is -2.69. The quantitative estimate of drug-likeness (QED) is 0.941. The third-order valence-electron chi connectivity index (χ3n) is 3.89. The number of para-hydroxylation sites is 2. The van der Waals surface area contributed by atoms with Crippen LogP contribution in [-0.2, 0) is 4.79 Å². The number of carbonyl (C=O) groups is 2. The lowest BCUT2D eigenvalue weighted by molar-refractivity contribution is -0.117. The molecule has 0 saturated carbocycles. The molecule has 1 aliphatic heterocycles. The van der Waals surface area contributed by atoms with E-state index in [2.05, 4.69) is 5.32 Å². The maximum absolute atomic E-state index is 13.5. The fourth-order valence-corrected chi connectivity index (χ4v) is 2.84. The van der Waals surface area contributed by atoms with Crippen molar-refractivity contribution in [3.8, 4) is 0 Å². The Kier molecular flexibility index (Phi) is 4.10. The fraction of sp³-hybridized carbons (Fsp3) is 0.222. The summed E-state index contributed by atoms with van der Waals surface area (Å²) in [5, 5.41) is 2.84. The highest BCUT2D eigenvalue weighted by atomic mass is 19.1. The first-order chi connectivity index (χ1) is 11.1. The van der Waals surface area contributed by atoms with Crippen LogP contribution in [0.5, 0.6) is 0 Å². The second-order valence-corrected chi connectivity index (χ2v) is 5.50. The molecule has 0 spiro atoms. The Bertz CT molecular complexity index is 760. The van der Waals surface area contributed by atoms with E-state index in [1.807, 2.05) is 13.0 Å². The van der Waals surface area contributed by atoms with Crippen LogP contribution in [0.1, 0.15) is 30.1 Å².